The maximum absolute atomic E-state index is 12.3. The third-order valence-electron chi connectivity index (χ3n) is 4.11. The van der Waals surface area contributed by atoms with Crippen molar-refractivity contribution in [1.29, 1.82) is 0 Å². The lowest BCUT2D eigenvalue weighted by Crippen LogP contribution is -2.52. The Kier molecular flexibility index (Phi) is 5.80. The molecule has 0 bridgehead atoms. The number of carboxylic acid groups (broad SMARTS) is 1. The van der Waals surface area contributed by atoms with Gasteiger partial charge in [0.15, 0.2) is 0 Å². The molecule has 6 heteroatoms. The molecule has 5 nitrogen and oxygen atoms in total. The Bertz CT molecular complexity index is 399. The number of hydrogen-bond acceptors (Lipinski definition) is 3. The van der Waals surface area contributed by atoms with E-state index in [2.05, 4.69) is 0 Å². The summed E-state index contributed by atoms with van der Waals surface area (Å²) < 4.78 is 26.0. The molecule has 1 saturated carbocycles. The van der Waals surface area contributed by atoms with Crippen molar-refractivity contribution >= 4 is 16.0 Å². The zero-order chi connectivity index (χ0) is 14.5. The van der Waals surface area contributed by atoms with Crippen molar-refractivity contribution in [1.82, 2.24) is 4.31 Å². The van der Waals surface area contributed by atoms with E-state index in [4.69, 9.17) is 5.11 Å². The van der Waals surface area contributed by atoms with E-state index >= 15 is 0 Å². The van der Waals surface area contributed by atoms with Crippen LogP contribution in [0.15, 0.2) is 0 Å². The van der Waals surface area contributed by atoms with Crippen molar-refractivity contribution in [3.8, 4) is 0 Å². The average Bonchev–Trinajstić information content (AvgIpc) is 2.36. The van der Waals surface area contributed by atoms with Crippen molar-refractivity contribution in [2.75, 3.05) is 12.8 Å². The molecule has 1 N–H and O–H groups in total. The fourth-order valence-corrected chi connectivity index (χ4v) is 4.62. The van der Waals surface area contributed by atoms with Gasteiger partial charge in [0.05, 0.1) is 12.2 Å². The summed E-state index contributed by atoms with van der Waals surface area (Å²) in [4.78, 5) is 11.1. The third-order valence-corrected chi connectivity index (χ3v) is 6.13. The standard InChI is InChI=1S/C13H25NO4S/c1-3-4-10-19(17,18)14(2)13(11-12(15)16)8-6-5-7-9-13/h3-11H2,1-2H3,(H,15,16). The molecule has 0 aromatic heterocycles. The molecule has 112 valence electrons. The van der Waals surface area contributed by atoms with Crippen molar-refractivity contribution in [3.63, 3.8) is 0 Å². The normalized spacial score (nSPS) is 19.5. The summed E-state index contributed by atoms with van der Waals surface area (Å²) in [7, 11) is -1.80. The topological polar surface area (TPSA) is 74.7 Å². The monoisotopic (exact) mass is 291 g/mol. The molecule has 19 heavy (non-hydrogen) atoms. The molecule has 0 heterocycles. The van der Waals surface area contributed by atoms with Crippen LogP contribution in [0.4, 0.5) is 0 Å². The van der Waals surface area contributed by atoms with Gasteiger partial charge in [0, 0.05) is 12.6 Å². The molecule has 1 aliphatic rings. The first-order chi connectivity index (χ1) is 8.84. The highest BCUT2D eigenvalue weighted by atomic mass is 32.2. The van der Waals surface area contributed by atoms with Gasteiger partial charge >= 0.3 is 5.97 Å². The molecule has 0 aromatic rings. The molecule has 0 atom stereocenters. The highest BCUT2D eigenvalue weighted by Crippen LogP contribution is 2.37. The molecule has 0 spiro atoms. The maximum atomic E-state index is 12.3. The molecule has 0 unspecified atom stereocenters. The number of rotatable bonds is 7. The average molecular weight is 291 g/mol. The summed E-state index contributed by atoms with van der Waals surface area (Å²) in [5, 5.41) is 9.10. The van der Waals surface area contributed by atoms with Gasteiger partial charge in [0.1, 0.15) is 0 Å². The Labute approximate surface area is 116 Å². The Hall–Kier alpha value is -0.620. The van der Waals surface area contributed by atoms with Crippen LogP contribution < -0.4 is 0 Å². The zero-order valence-corrected chi connectivity index (χ0v) is 12.7. The van der Waals surface area contributed by atoms with E-state index in [1.165, 1.54) is 4.31 Å². The number of hydrogen-bond donors (Lipinski definition) is 1. The second-order valence-electron chi connectivity index (χ2n) is 5.49. The second kappa shape index (κ2) is 6.70. The van der Waals surface area contributed by atoms with E-state index in [1.54, 1.807) is 7.05 Å². The van der Waals surface area contributed by atoms with Crippen LogP contribution in [0.1, 0.15) is 58.3 Å². The fraction of sp³-hybridized carbons (Fsp3) is 0.923. The van der Waals surface area contributed by atoms with Gasteiger partial charge in [-0.2, -0.15) is 4.31 Å². The lowest BCUT2D eigenvalue weighted by molar-refractivity contribution is -0.140. The summed E-state index contributed by atoms with van der Waals surface area (Å²) in [6.45, 7) is 1.95. The predicted octanol–water partition coefficient (Wildman–Crippen LogP) is 2.23. The molecular formula is C13H25NO4S. The van der Waals surface area contributed by atoms with Gasteiger partial charge in [0.2, 0.25) is 10.0 Å². The van der Waals surface area contributed by atoms with Crippen LogP contribution in [0.2, 0.25) is 0 Å². The van der Waals surface area contributed by atoms with Crippen LogP contribution in [0, 0.1) is 0 Å². The third kappa shape index (κ3) is 4.18. The second-order valence-corrected chi connectivity index (χ2v) is 7.61. The van der Waals surface area contributed by atoms with E-state index in [0.29, 0.717) is 19.3 Å². The smallest absolute Gasteiger partial charge is 0.305 e. The van der Waals surface area contributed by atoms with Crippen LogP contribution in [0.25, 0.3) is 0 Å². The summed E-state index contributed by atoms with van der Waals surface area (Å²) >= 11 is 0. The summed E-state index contributed by atoms with van der Waals surface area (Å²) in [6, 6.07) is 0. The molecule has 0 aromatic carbocycles. The van der Waals surface area contributed by atoms with Crippen LogP contribution >= 0.6 is 0 Å². The molecule has 0 radical (unpaired) electrons. The Morgan fingerprint density at radius 2 is 1.84 bits per heavy atom. The van der Waals surface area contributed by atoms with Gasteiger partial charge in [-0.1, -0.05) is 32.6 Å². The zero-order valence-electron chi connectivity index (χ0n) is 11.9. The fourth-order valence-electron chi connectivity index (χ4n) is 2.85. The number of sulfonamides is 1. The van der Waals surface area contributed by atoms with Crippen LogP contribution in [0.3, 0.4) is 0 Å². The molecule has 1 rings (SSSR count). The minimum atomic E-state index is -3.36. The molecule has 1 aliphatic carbocycles. The first kappa shape index (κ1) is 16.4. The molecule has 0 aliphatic heterocycles. The number of carbonyl (C=O) groups is 1. The van der Waals surface area contributed by atoms with Crippen molar-refractivity contribution < 1.29 is 18.3 Å². The molecule has 0 amide bonds. The van der Waals surface area contributed by atoms with Gasteiger partial charge < -0.3 is 5.11 Å². The number of aliphatic carboxylic acids is 1. The summed E-state index contributed by atoms with van der Waals surface area (Å²) in [5.74, 6) is -0.805. The molecule has 1 fully saturated rings. The summed E-state index contributed by atoms with van der Waals surface area (Å²) in [5.41, 5.74) is -0.712. The largest absolute Gasteiger partial charge is 0.481 e. The van der Waals surface area contributed by atoms with E-state index in [0.717, 1.165) is 25.7 Å². The van der Waals surface area contributed by atoms with Crippen molar-refractivity contribution in [3.05, 3.63) is 0 Å². The highest BCUT2D eigenvalue weighted by Gasteiger charge is 2.43. The van der Waals surface area contributed by atoms with Gasteiger partial charge in [-0.15, -0.1) is 0 Å². The SMILES string of the molecule is CCCCS(=O)(=O)N(C)C1(CC(=O)O)CCCCC1. The van der Waals surface area contributed by atoms with Gasteiger partial charge in [0.25, 0.3) is 0 Å². The van der Waals surface area contributed by atoms with Crippen LogP contribution in [-0.2, 0) is 14.8 Å². The van der Waals surface area contributed by atoms with Crippen LogP contribution in [-0.4, -0.2) is 42.1 Å². The number of carboxylic acids is 1. The lowest BCUT2D eigenvalue weighted by atomic mass is 9.79. The first-order valence-electron chi connectivity index (χ1n) is 7.02. The predicted molar refractivity (Wildman–Crippen MR) is 74.5 cm³/mol. The quantitative estimate of drug-likeness (QED) is 0.780. The van der Waals surface area contributed by atoms with Gasteiger partial charge in [-0.25, -0.2) is 8.42 Å². The first-order valence-corrected chi connectivity index (χ1v) is 8.63. The van der Waals surface area contributed by atoms with Crippen LogP contribution in [0.5, 0.6) is 0 Å². The molecule has 0 saturated heterocycles. The van der Waals surface area contributed by atoms with E-state index in [9.17, 15) is 13.2 Å². The molecular weight excluding hydrogens is 266 g/mol. The minimum absolute atomic E-state index is 0.0884. The Balaban J connectivity index is 2.93. The van der Waals surface area contributed by atoms with E-state index in [1.807, 2.05) is 6.92 Å². The van der Waals surface area contributed by atoms with E-state index in [-0.39, 0.29) is 12.2 Å². The van der Waals surface area contributed by atoms with E-state index < -0.39 is 21.5 Å². The summed E-state index contributed by atoms with van der Waals surface area (Å²) in [6.07, 6.45) is 5.53. The maximum Gasteiger partial charge on any atom is 0.305 e. The minimum Gasteiger partial charge on any atom is -0.481 e. The van der Waals surface area contributed by atoms with Crippen molar-refractivity contribution in [2.24, 2.45) is 0 Å². The van der Waals surface area contributed by atoms with Crippen molar-refractivity contribution in [2.45, 2.75) is 63.8 Å². The van der Waals surface area contributed by atoms with Gasteiger partial charge in [-0.3, -0.25) is 4.79 Å². The van der Waals surface area contributed by atoms with Gasteiger partial charge in [-0.05, 0) is 19.3 Å². The number of nitrogens with zero attached hydrogens (tertiary/aromatic N) is 1. The highest BCUT2D eigenvalue weighted by molar-refractivity contribution is 7.89. The Morgan fingerprint density at radius 1 is 1.26 bits per heavy atom. The number of unbranched alkanes of at least 4 members (excludes halogenated alkanes) is 1. The Morgan fingerprint density at radius 3 is 2.32 bits per heavy atom. The lowest BCUT2D eigenvalue weighted by Gasteiger charge is -2.42.